The Labute approximate surface area is 273 Å². The van der Waals surface area contributed by atoms with Crippen LogP contribution < -0.4 is 29.1 Å². The SMILES string of the molecule is CCOC(=O)COc1ccc(Cl)cc1/C=c1/sc2n(c1=O)[C@@H](c1ccc(OCC(=O)OC)c(OCC)c1)C(C(=O)OCC)=C(C)N=2. The quantitative estimate of drug-likeness (QED) is 0.196. The minimum absolute atomic E-state index is 0.112. The molecular formula is C32H33ClN2O10S. The summed E-state index contributed by atoms with van der Waals surface area (Å²) in [6.07, 6.45) is 1.59. The van der Waals surface area contributed by atoms with Crippen LogP contribution in [0.5, 0.6) is 17.2 Å². The van der Waals surface area contributed by atoms with Crippen molar-refractivity contribution in [1.29, 1.82) is 0 Å². The molecule has 0 bridgehead atoms. The smallest absolute Gasteiger partial charge is 0.344 e. The number of hydrogen-bond donors (Lipinski definition) is 0. The number of methoxy groups -OCH3 is 1. The summed E-state index contributed by atoms with van der Waals surface area (Å²) in [5, 5.41) is 0.388. The lowest BCUT2D eigenvalue weighted by Crippen LogP contribution is -2.40. The first-order valence-electron chi connectivity index (χ1n) is 14.4. The number of ether oxygens (including phenoxy) is 6. The second kappa shape index (κ2) is 15.6. The molecule has 0 fully saturated rings. The fraction of sp³-hybridized carbons (Fsp3) is 0.344. The molecule has 4 rings (SSSR count). The maximum atomic E-state index is 14.1. The van der Waals surface area contributed by atoms with Gasteiger partial charge in [-0.2, -0.15) is 0 Å². The van der Waals surface area contributed by atoms with E-state index >= 15 is 0 Å². The molecule has 0 saturated carbocycles. The molecule has 0 spiro atoms. The predicted molar refractivity (Wildman–Crippen MR) is 169 cm³/mol. The largest absolute Gasteiger partial charge is 0.490 e. The normalized spacial score (nSPS) is 14.2. The summed E-state index contributed by atoms with van der Waals surface area (Å²) in [5.74, 6) is -0.859. The molecule has 12 nitrogen and oxygen atoms in total. The van der Waals surface area contributed by atoms with Gasteiger partial charge in [-0.3, -0.25) is 9.36 Å². The van der Waals surface area contributed by atoms with Crippen LogP contribution in [0.4, 0.5) is 0 Å². The van der Waals surface area contributed by atoms with Crippen molar-refractivity contribution in [1.82, 2.24) is 4.57 Å². The molecular weight excluding hydrogens is 640 g/mol. The predicted octanol–water partition coefficient (Wildman–Crippen LogP) is 3.34. The molecule has 1 aliphatic rings. The zero-order chi connectivity index (χ0) is 33.4. The Balaban J connectivity index is 1.87. The van der Waals surface area contributed by atoms with E-state index in [4.69, 9.17) is 35.3 Å². The molecule has 0 radical (unpaired) electrons. The molecule has 0 aliphatic carbocycles. The second-order valence-corrected chi connectivity index (χ2v) is 11.0. The van der Waals surface area contributed by atoms with E-state index in [-0.39, 0.29) is 48.9 Å². The topological polar surface area (TPSA) is 141 Å². The highest BCUT2D eigenvalue weighted by Gasteiger charge is 2.34. The fourth-order valence-electron chi connectivity index (χ4n) is 4.63. The van der Waals surface area contributed by atoms with Crippen LogP contribution in [-0.2, 0) is 28.6 Å². The van der Waals surface area contributed by atoms with Crippen LogP contribution in [0.3, 0.4) is 0 Å². The minimum Gasteiger partial charge on any atom is -0.490 e. The highest BCUT2D eigenvalue weighted by molar-refractivity contribution is 7.07. The van der Waals surface area contributed by atoms with Gasteiger partial charge >= 0.3 is 17.9 Å². The van der Waals surface area contributed by atoms with Crippen molar-refractivity contribution < 1.29 is 42.8 Å². The van der Waals surface area contributed by atoms with Gasteiger partial charge in [-0.25, -0.2) is 19.4 Å². The van der Waals surface area contributed by atoms with Gasteiger partial charge in [0.05, 0.1) is 48.8 Å². The number of benzene rings is 2. The number of rotatable bonds is 13. The molecule has 1 atom stereocenters. The fourth-order valence-corrected chi connectivity index (χ4v) is 5.85. The first kappa shape index (κ1) is 34.3. The zero-order valence-electron chi connectivity index (χ0n) is 25.9. The molecule has 2 heterocycles. The van der Waals surface area contributed by atoms with Crippen molar-refractivity contribution in [2.45, 2.75) is 33.7 Å². The summed E-state index contributed by atoms with van der Waals surface area (Å²) in [7, 11) is 1.25. The number of fused-ring (bicyclic) bond motifs is 1. The van der Waals surface area contributed by atoms with Gasteiger partial charge in [-0.05, 0) is 69.7 Å². The Hall–Kier alpha value is -4.62. The Morgan fingerprint density at radius 3 is 2.30 bits per heavy atom. The summed E-state index contributed by atoms with van der Waals surface area (Å²) < 4.78 is 33.8. The van der Waals surface area contributed by atoms with Crippen molar-refractivity contribution in [2.24, 2.45) is 4.99 Å². The van der Waals surface area contributed by atoms with Crippen molar-refractivity contribution in [3.05, 3.63) is 83.5 Å². The van der Waals surface area contributed by atoms with Crippen LogP contribution >= 0.6 is 22.9 Å². The lowest BCUT2D eigenvalue weighted by atomic mass is 9.95. The summed E-state index contributed by atoms with van der Waals surface area (Å²) >= 11 is 7.38. The average molecular weight is 673 g/mol. The number of carbonyl (C=O) groups excluding carboxylic acids is 3. The van der Waals surface area contributed by atoms with Crippen LogP contribution in [0.2, 0.25) is 5.02 Å². The Morgan fingerprint density at radius 2 is 1.61 bits per heavy atom. The number of hydrogen-bond acceptors (Lipinski definition) is 12. The van der Waals surface area contributed by atoms with Gasteiger partial charge in [0.2, 0.25) is 0 Å². The molecule has 46 heavy (non-hydrogen) atoms. The second-order valence-electron chi connectivity index (χ2n) is 9.58. The molecule has 1 aliphatic heterocycles. The van der Waals surface area contributed by atoms with E-state index in [1.807, 2.05) is 0 Å². The van der Waals surface area contributed by atoms with Crippen molar-refractivity contribution in [2.75, 3.05) is 40.1 Å². The van der Waals surface area contributed by atoms with E-state index in [0.29, 0.717) is 38.1 Å². The van der Waals surface area contributed by atoms with Crippen molar-refractivity contribution >= 4 is 46.9 Å². The van der Waals surface area contributed by atoms with Crippen LogP contribution in [-0.4, -0.2) is 62.6 Å². The first-order valence-corrected chi connectivity index (χ1v) is 15.5. The van der Waals surface area contributed by atoms with Crippen LogP contribution in [0.15, 0.2) is 57.5 Å². The zero-order valence-corrected chi connectivity index (χ0v) is 27.5. The molecule has 1 aromatic heterocycles. The Bertz CT molecular complexity index is 1850. The van der Waals surface area contributed by atoms with Gasteiger partial charge in [0.25, 0.3) is 5.56 Å². The number of allylic oxidation sites excluding steroid dienone is 1. The van der Waals surface area contributed by atoms with Gasteiger partial charge in [-0.15, -0.1) is 0 Å². The van der Waals surface area contributed by atoms with Gasteiger partial charge in [-0.1, -0.05) is 29.0 Å². The molecule has 0 N–H and O–H groups in total. The minimum atomic E-state index is -0.940. The highest BCUT2D eigenvalue weighted by Crippen LogP contribution is 2.36. The Morgan fingerprint density at radius 1 is 0.913 bits per heavy atom. The van der Waals surface area contributed by atoms with E-state index in [1.54, 1.807) is 70.2 Å². The first-order chi connectivity index (χ1) is 22.1. The van der Waals surface area contributed by atoms with Gasteiger partial charge in [0.1, 0.15) is 5.75 Å². The molecule has 0 saturated heterocycles. The highest BCUT2D eigenvalue weighted by atomic mass is 35.5. The molecule has 0 amide bonds. The van der Waals surface area contributed by atoms with Crippen molar-refractivity contribution in [3.8, 4) is 17.2 Å². The third-order valence-electron chi connectivity index (χ3n) is 6.58. The monoisotopic (exact) mass is 672 g/mol. The number of nitrogens with zero attached hydrogens (tertiary/aromatic N) is 2. The van der Waals surface area contributed by atoms with Crippen LogP contribution in [0.1, 0.15) is 44.9 Å². The number of halogens is 1. The van der Waals surface area contributed by atoms with Gasteiger partial charge in [0, 0.05) is 10.6 Å². The van der Waals surface area contributed by atoms with E-state index in [0.717, 1.165) is 11.3 Å². The van der Waals surface area contributed by atoms with E-state index in [1.165, 1.54) is 11.7 Å². The average Bonchev–Trinajstić information content (AvgIpc) is 3.33. The Kier molecular flexibility index (Phi) is 11.6. The van der Waals surface area contributed by atoms with E-state index < -0.39 is 29.5 Å². The van der Waals surface area contributed by atoms with Gasteiger partial charge in [0.15, 0.2) is 29.5 Å². The summed E-state index contributed by atoms with van der Waals surface area (Å²) in [6.45, 7) is 6.76. The maximum Gasteiger partial charge on any atom is 0.344 e. The lowest BCUT2D eigenvalue weighted by molar-refractivity contribution is -0.145. The third-order valence-corrected chi connectivity index (χ3v) is 7.80. The molecule has 244 valence electrons. The number of esters is 3. The standard InChI is InChI=1S/C32H33ClN2O10S/c1-6-41-24-14-19(9-11-23(24)45-16-26(36)40-5)29-28(31(39)43-8-3)18(4)34-32-35(29)30(38)25(46-32)15-20-13-21(33)10-12-22(20)44-17-27(37)42-7-2/h9-15,29H,6-8,16-17H2,1-5H3/b25-15+/t29-/m0/s1. The van der Waals surface area contributed by atoms with Gasteiger partial charge < -0.3 is 28.4 Å². The molecule has 14 heteroatoms. The molecule has 3 aromatic rings. The van der Waals surface area contributed by atoms with E-state index in [2.05, 4.69) is 9.73 Å². The van der Waals surface area contributed by atoms with Crippen molar-refractivity contribution in [3.63, 3.8) is 0 Å². The van der Waals surface area contributed by atoms with E-state index in [9.17, 15) is 19.2 Å². The van der Waals surface area contributed by atoms with Crippen LogP contribution in [0.25, 0.3) is 6.08 Å². The number of thiazole rings is 1. The number of aromatic nitrogens is 1. The number of carbonyl (C=O) groups is 3. The summed E-state index contributed by atoms with van der Waals surface area (Å²) in [4.78, 5) is 56.0. The summed E-state index contributed by atoms with van der Waals surface area (Å²) in [5.41, 5.74) is 1.07. The molecule has 0 unspecified atom stereocenters. The summed E-state index contributed by atoms with van der Waals surface area (Å²) in [6, 6.07) is 8.77. The van der Waals surface area contributed by atoms with Crippen LogP contribution in [0, 0.1) is 0 Å². The third kappa shape index (κ3) is 7.77. The molecule has 2 aromatic carbocycles. The lowest BCUT2D eigenvalue weighted by Gasteiger charge is -2.25. The maximum absolute atomic E-state index is 14.1.